The molecular weight excluding hydrogens is 316 g/mol. The topological polar surface area (TPSA) is 112 Å². The van der Waals surface area contributed by atoms with Gasteiger partial charge in [0.05, 0.1) is 17.4 Å². The number of carbonyl (C=O) groups excluding carboxylic acids is 2. The number of carboxylic acid groups (broad SMARTS) is 1. The molecule has 3 N–H and O–H groups in total. The number of thioether (sulfide) groups is 1. The van der Waals surface area contributed by atoms with E-state index >= 15 is 0 Å². The zero-order valence-electron chi connectivity index (χ0n) is 11.3. The number of carbonyl (C=O) groups is 3. The number of hydrogen-bond acceptors (Lipinski definition) is 7. The Morgan fingerprint density at radius 3 is 2.48 bits per heavy atom. The molecule has 1 aromatic heterocycles. The Hall–Kier alpha value is -1.22. The van der Waals surface area contributed by atoms with Gasteiger partial charge in [0, 0.05) is 24.0 Å². The van der Waals surface area contributed by atoms with Crippen LogP contribution < -0.4 is 0 Å². The fourth-order valence-corrected chi connectivity index (χ4v) is 3.10. The van der Waals surface area contributed by atoms with E-state index in [-0.39, 0.29) is 29.5 Å². The van der Waals surface area contributed by atoms with Crippen molar-refractivity contribution < 1.29 is 29.7 Å². The molecule has 1 rings (SSSR count). The molecule has 1 aromatic rings. The molecule has 0 fully saturated rings. The lowest BCUT2D eigenvalue weighted by molar-refractivity contribution is -0.136. The molecule has 6 nitrogen and oxygen atoms in total. The van der Waals surface area contributed by atoms with Crippen molar-refractivity contribution in [3.8, 4) is 0 Å². The number of aliphatic hydroxyl groups excluding tert-OH is 2. The summed E-state index contributed by atoms with van der Waals surface area (Å²) in [5.74, 6) is -1.29. The molecule has 8 heteroatoms. The molecule has 116 valence electrons. The van der Waals surface area contributed by atoms with Crippen LogP contribution in [0.4, 0.5) is 0 Å². The second-order valence-electron chi connectivity index (χ2n) is 4.33. The second-order valence-corrected chi connectivity index (χ2v) is 6.65. The summed E-state index contributed by atoms with van der Waals surface area (Å²) >= 11 is 1.93. The van der Waals surface area contributed by atoms with Gasteiger partial charge in [-0.1, -0.05) is 11.8 Å². The maximum atomic E-state index is 11.7. The lowest BCUT2D eigenvalue weighted by atomic mass is 10.2. The predicted molar refractivity (Wildman–Crippen MR) is 79.6 cm³/mol. The number of Topliss-reactive ketones (excluding diaryl/α,β-unsaturated/α-hetero) is 1. The Kier molecular flexibility index (Phi) is 7.03. The maximum absolute atomic E-state index is 11.7. The Morgan fingerprint density at radius 1 is 1.24 bits per heavy atom. The van der Waals surface area contributed by atoms with Crippen molar-refractivity contribution >= 4 is 40.0 Å². The largest absolute Gasteiger partial charge is 0.481 e. The molecule has 0 saturated heterocycles. The van der Waals surface area contributed by atoms with Crippen LogP contribution >= 0.6 is 23.1 Å². The zero-order valence-corrected chi connectivity index (χ0v) is 12.9. The fraction of sp³-hybridized carbons (Fsp3) is 0.462. The first kappa shape index (κ1) is 17.8. The number of aliphatic hydroxyl groups is 2. The van der Waals surface area contributed by atoms with E-state index in [1.165, 1.54) is 19.1 Å². The number of ketones is 1. The molecule has 0 spiro atoms. The van der Waals surface area contributed by atoms with Crippen LogP contribution in [0, 0.1) is 0 Å². The molecule has 0 saturated carbocycles. The Bertz CT molecular complexity index is 524. The minimum Gasteiger partial charge on any atom is -0.481 e. The number of hydrogen-bond donors (Lipinski definition) is 3. The van der Waals surface area contributed by atoms with Crippen LogP contribution in [0.1, 0.15) is 40.4 Å². The number of rotatable bonds is 8. The number of aliphatic carboxylic acids is 1. The van der Waals surface area contributed by atoms with Crippen molar-refractivity contribution in [1.29, 1.82) is 0 Å². The first-order valence-electron chi connectivity index (χ1n) is 6.15. The summed E-state index contributed by atoms with van der Waals surface area (Å²) < 4.78 is 0. The molecule has 0 bridgehead atoms. The van der Waals surface area contributed by atoms with Gasteiger partial charge in [-0.15, -0.1) is 11.3 Å². The monoisotopic (exact) mass is 332 g/mol. The standard InChI is InChI=1S/C13H16O6S2/c1-7(14)20-6-9(16)13(19)11-4-3-10(21-11)8(15)2-5-12(17)18/h3-4,9,13,16,19H,2,5-6H2,1H3,(H,17,18). The zero-order chi connectivity index (χ0) is 16.0. The van der Waals surface area contributed by atoms with Gasteiger partial charge in [0.1, 0.15) is 6.10 Å². The summed E-state index contributed by atoms with van der Waals surface area (Å²) in [6, 6.07) is 3.02. The minimum absolute atomic E-state index is 0.0662. The summed E-state index contributed by atoms with van der Waals surface area (Å²) in [5, 5.41) is 28.1. The highest BCUT2D eigenvalue weighted by Gasteiger charge is 2.22. The molecule has 0 aliphatic carbocycles. The maximum Gasteiger partial charge on any atom is 0.303 e. The predicted octanol–water partition coefficient (Wildman–Crippen LogP) is 1.47. The quantitative estimate of drug-likeness (QED) is 0.618. The van der Waals surface area contributed by atoms with E-state index in [1.807, 2.05) is 0 Å². The summed E-state index contributed by atoms with van der Waals surface area (Å²) in [4.78, 5) is 33.7. The van der Waals surface area contributed by atoms with Crippen molar-refractivity contribution in [2.75, 3.05) is 5.75 Å². The highest BCUT2D eigenvalue weighted by Crippen LogP contribution is 2.28. The van der Waals surface area contributed by atoms with Crippen LogP contribution in [0.25, 0.3) is 0 Å². The highest BCUT2D eigenvalue weighted by atomic mass is 32.2. The van der Waals surface area contributed by atoms with E-state index in [1.54, 1.807) is 0 Å². The van der Waals surface area contributed by atoms with Gasteiger partial charge in [-0.2, -0.15) is 0 Å². The highest BCUT2D eigenvalue weighted by molar-refractivity contribution is 8.13. The first-order chi connectivity index (χ1) is 9.81. The summed E-state index contributed by atoms with van der Waals surface area (Å²) in [6.45, 7) is 1.37. The van der Waals surface area contributed by atoms with E-state index in [9.17, 15) is 24.6 Å². The van der Waals surface area contributed by atoms with Crippen LogP contribution in [0.15, 0.2) is 12.1 Å². The molecule has 21 heavy (non-hydrogen) atoms. The molecule has 0 aliphatic rings. The second kappa shape index (κ2) is 8.28. The summed E-state index contributed by atoms with van der Waals surface area (Å²) in [7, 11) is 0. The molecule has 2 unspecified atom stereocenters. The van der Waals surface area contributed by atoms with Gasteiger partial charge in [-0.25, -0.2) is 0 Å². The average molecular weight is 332 g/mol. The summed E-state index contributed by atoms with van der Waals surface area (Å²) in [5.41, 5.74) is 0. The minimum atomic E-state index is -1.18. The van der Waals surface area contributed by atoms with Gasteiger partial charge in [-0.05, 0) is 12.1 Å². The van der Waals surface area contributed by atoms with Crippen LogP contribution in [-0.4, -0.2) is 44.0 Å². The van der Waals surface area contributed by atoms with Crippen LogP contribution in [0.3, 0.4) is 0 Å². The van der Waals surface area contributed by atoms with Crippen molar-refractivity contribution in [3.05, 3.63) is 21.9 Å². The fourth-order valence-electron chi connectivity index (χ4n) is 1.49. The first-order valence-corrected chi connectivity index (χ1v) is 7.95. The smallest absolute Gasteiger partial charge is 0.303 e. The Morgan fingerprint density at radius 2 is 1.90 bits per heavy atom. The summed E-state index contributed by atoms with van der Waals surface area (Å²) in [6.07, 6.45) is -2.64. The molecule has 2 atom stereocenters. The van der Waals surface area contributed by atoms with E-state index in [0.717, 1.165) is 23.1 Å². The van der Waals surface area contributed by atoms with Gasteiger partial charge in [0.15, 0.2) is 10.9 Å². The van der Waals surface area contributed by atoms with Crippen molar-refractivity contribution in [3.63, 3.8) is 0 Å². The molecule has 0 aromatic carbocycles. The third-order valence-electron chi connectivity index (χ3n) is 2.58. The van der Waals surface area contributed by atoms with E-state index < -0.39 is 18.2 Å². The lowest BCUT2D eigenvalue weighted by Crippen LogP contribution is -2.20. The Balaban J connectivity index is 2.62. The molecule has 1 heterocycles. The van der Waals surface area contributed by atoms with Gasteiger partial charge in [-0.3, -0.25) is 14.4 Å². The van der Waals surface area contributed by atoms with Crippen LogP contribution in [0.5, 0.6) is 0 Å². The van der Waals surface area contributed by atoms with Crippen molar-refractivity contribution in [2.24, 2.45) is 0 Å². The van der Waals surface area contributed by atoms with Gasteiger partial charge in [0.25, 0.3) is 0 Å². The van der Waals surface area contributed by atoms with Gasteiger partial charge < -0.3 is 15.3 Å². The van der Waals surface area contributed by atoms with E-state index in [2.05, 4.69) is 0 Å². The average Bonchev–Trinajstić information content (AvgIpc) is 2.90. The van der Waals surface area contributed by atoms with E-state index in [0.29, 0.717) is 9.75 Å². The Labute approximate surface area is 129 Å². The van der Waals surface area contributed by atoms with Crippen molar-refractivity contribution in [2.45, 2.75) is 32.0 Å². The van der Waals surface area contributed by atoms with Crippen molar-refractivity contribution in [1.82, 2.24) is 0 Å². The molecule has 0 radical (unpaired) electrons. The number of carboxylic acids is 1. The van der Waals surface area contributed by atoms with Crippen LogP contribution in [0.2, 0.25) is 0 Å². The molecular formula is C13H16O6S2. The van der Waals surface area contributed by atoms with Gasteiger partial charge >= 0.3 is 5.97 Å². The molecule has 0 amide bonds. The molecule has 0 aliphatic heterocycles. The third kappa shape index (κ3) is 5.96. The van der Waals surface area contributed by atoms with Crippen LogP contribution in [-0.2, 0) is 9.59 Å². The SMILES string of the molecule is CC(=O)SCC(O)C(O)c1ccc(C(=O)CCC(=O)O)s1. The lowest BCUT2D eigenvalue weighted by Gasteiger charge is -2.15. The van der Waals surface area contributed by atoms with Gasteiger partial charge in [0.2, 0.25) is 0 Å². The van der Waals surface area contributed by atoms with E-state index in [4.69, 9.17) is 5.11 Å². The normalized spacial score (nSPS) is 13.7. The number of thiophene rings is 1. The third-order valence-corrected chi connectivity index (χ3v) is 4.69.